The van der Waals surface area contributed by atoms with E-state index in [4.69, 9.17) is 5.11 Å². The first kappa shape index (κ1) is 19.5. The first-order chi connectivity index (χ1) is 9.81. The zero-order chi connectivity index (χ0) is 14.9. The Kier molecular flexibility index (Phi) is 16.1. The van der Waals surface area contributed by atoms with E-state index in [-0.39, 0.29) is 6.10 Å². The van der Waals surface area contributed by atoms with Gasteiger partial charge in [-0.25, -0.2) is 0 Å². The van der Waals surface area contributed by atoms with Crippen molar-refractivity contribution in [1.29, 1.82) is 0 Å². The molecule has 0 aliphatic carbocycles. The van der Waals surface area contributed by atoms with Gasteiger partial charge in [-0.15, -0.1) is 0 Å². The molecule has 2 heteroatoms. The summed E-state index contributed by atoms with van der Waals surface area (Å²) in [5, 5.41) is 18.1. The van der Waals surface area contributed by atoms with E-state index in [1.54, 1.807) is 6.08 Å². The molecule has 0 spiro atoms. The molecule has 0 amide bonds. The van der Waals surface area contributed by atoms with Crippen LogP contribution in [0.15, 0.2) is 12.3 Å². The van der Waals surface area contributed by atoms with Gasteiger partial charge in [-0.1, -0.05) is 84.0 Å². The summed E-state index contributed by atoms with van der Waals surface area (Å²) in [6, 6.07) is 0. The topological polar surface area (TPSA) is 40.5 Å². The lowest BCUT2D eigenvalue weighted by atomic mass is 10.0. The molecule has 20 heavy (non-hydrogen) atoms. The number of aliphatic hydroxyl groups excluding tert-OH is 2. The second-order valence-electron chi connectivity index (χ2n) is 5.95. The summed E-state index contributed by atoms with van der Waals surface area (Å²) in [7, 11) is 0. The highest BCUT2D eigenvalue weighted by Gasteiger charge is 2.01. The third kappa shape index (κ3) is 15.6. The smallest absolute Gasteiger partial charge is 0.0752 e. The van der Waals surface area contributed by atoms with Crippen LogP contribution in [-0.2, 0) is 0 Å². The largest absolute Gasteiger partial charge is 0.516 e. The first-order valence-electron chi connectivity index (χ1n) is 8.78. The molecule has 2 nitrogen and oxygen atoms in total. The average Bonchev–Trinajstić information content (AvgIpc) is 2.46. The van der Waals surface area contributed by atoms with Gasteiger partial charge in [0.2, 0.25) is 0 Å². The highest BCUT2D eigenvalue weighted by atomic mass is 16.3. The minimum absolute atomic E-state index is 0.276. The van der Waals surface area contributed by atoms with Gasteiger partial charge in [0, 0.05) is 0 Å². The Balaban J connectivity index is 3.06. The standard InChI is InChI=1S/C18H36O2/c1-2-3-4-5-6-7-8-9-10-11-12-13-15-18(20)16-14-17-19/h14,17-20H,2-13,15-16H2,1H3. The molecule has 0 aliphatic rings. The Bertz CT molecular complexity index is 202. The molecule has 2 N–H and O–H groups in total. The van der Waals surface area contributed by atoms with Gasteiger partial charge in [0.25, 0.3) is 0 Å². The van der Waals surface area contributed by atoms with E-state index in [1.165, 1.54) is 70.6 Å². The number of unbranched alkanes of at least 4 members (excludes halogenated alkanes) is 11. The normalized spacial score (nSPS) is 13.1. The maximum atomic E-state index is 9.58. The molecule has 0 rings (SSSR count). The van der Waals surface area contributed by atoms with Gasteiger partial charge in [-0.3, -0.25) is 0 Å². The third-order valence-electron chi connectivity index (χ3n) is 3.90. The monoisotopic (exact) mass is 284 g/mol. The van der Waals surface area contributed by atoms with E-state index in [0.717, 1.165) is 19.1 Å². The fourth-order valence-electron chi connectivity index (χ4n) is 2.56. The lowest BCUT2D eigenvalue weighted by molar-refractivity contribution is 0.163. The highest BCUT2D eigenvalue weighted by Crippen LogP contribution is 2.13. The minimum atomic E-state index is -0.276. The molecule has 0 aromatic rings. The van der Waals surface area contributed by atoms with Crippen molar-refractivity contribution < 1.29 is 10.2 Å². The van der Waals surface area contributed by atoms with E-state index >= 15 is 0 Å². The lowest BCUT2D eigenvalue weighted by Crippen LogP contribution is -2.04. The molecule has 120 valence electrons. The number of hydrogen-bond acceptors (Lipinski definition) is 2. The summed E-state index contributed by atoms with van der Waals surface area (Å²) in [6.45, 7) is 2.27. The van der Waals surface area contributed by atoms with Crippen LogP contribution in [0.25, 0.3) is 0 Å². The third-order valence-corrected chi connectivity index (χ3v) is 3.90. The Labute approximate surface area is 126 Å². The summed E-state index contributed by atoms with van der Waals surface area (Å²) in [6.07, 6.45) is 20.0. The second-order valence-corrected chi connectivity index (χ2v) is 5.95. The van der Waals surface area contributed by atoms with Crippen LogP contribution in [0.5, 0.6) is 0 Å². The quantitative estimate of drug-likeness (QED) is 0.290. The molecule has 0 heterocycles. The zero-order valence-electron chi connectivity index (χ0n) is 13.5. The Hall–Kier alpha value is -0.500. The Morgan fingerprint density at radius 3 is 1.65 bits per heavy atom. The molecule has 0 fully saturated rings. The van der Waals surface area contributed by atoms with Crippen molar-refractivity contribution in [1.82, 2.24) is 0 Å². The molecular formula is C18H36O2. The molecule has 0 aromatic heterocycles. The molecule has 0 saturated carbocycles. The van der Waals surface area contributed by atoms with Gasteiger partial charge < -0.3 is 10.2 Å². The fourth-order valence-corrected chi connectivity index (χ4v) is 2.56. The van der Waals surface area contributed by atoms with E-state index in [2.05, 4.69) is 6.92 Å². The van der Waals surface area contributed by atoms with Crippen molar-refractivity contribution >= 4 is 0 Å². The predicted molar refractivity (Wildman–Crippen MR) is 88.1 cm³/mol. The van der Waals surface area contributed by atoms with E-state index < -0.39 is 0 Å². The van der Waals surface area contributed by atoms with Gasteiger partial charge in [0.1, 0.15) is 0 Å². The summed E-state index contributed by atoms with van der Waals surface area (Å²) >= 11 is 0. The highest BCUT2D eigenvalue weighted by molar-refractivity contribution is 4.75. The molecule has 0 radical (unpaired) electrons. The van der Waals surface area contributed by atoms with Crippen LogP contribution < -0.4 is 0 Å². The molecule has 1 unspecified atom stereocenters. The van der Waals surface area contributed by atoms with Crippen LogP contribution in [0.3, 0.4) is 0 Å². The van der Waals surface area contributed by atoms with Crippen molar-refractivity contribution in [3.05, 3.63) is 12.3 Å². The fraction of sp³-hybridized carbons (Fsp3) is 0.889. The Morgan fingerprint density at radius 2 is 1.20 bits per heavy atom. The molecular weight excluding hydrogens is 248 g/mol. The molecule has 0 saturated heterocycles. The number of aliphatic hydroxyl groups is 2. The van der Waals surface area contributed by atoms with Crippen molar-refractivity contribution in [2.45, 2.75) is 103 Å². The SMILES string of the molecule is CCCCCCCCCCCCCCC(O)CC=CO. The van der Waals surface area contributed by atoms with Crippen LogP contribution in [0.2, 0.25) is 0 Å². The van der Waals surface area contributed by atoms with Crippen molar-refractivity contribution in [3.63, 3.8) is 0 Å². The summed E-state index contributed by atoms with van der Waals surface area (Å²) in [4.78, 5) is 0. The van der Waals surface area contributed by atoms with Crippen LogP contribution in [-0.4, -0.2) is 16.3 Å². The number of rotatable bonds is 15. The molecule has 0 aromatic carbocycles. The van der Waals surface area contributed by atoms with Crippen molar-refractivity contribution in [3.8, 4) is 0 Å². The van der Waals surface area contributed by atoms with Gasteiger partial charge in [-0.05, 0) is 18.9 Å². The van der Waals surface area contributed by atoms with Gasteiger partial charge in [-0.2, -0.15) is 0 Å². The maximum Gasteiger partial charge on any atom is 0.0752 e. The van der Waals surface area contributed by atoms with E-state index in [0.29, 0.717) is 6.42 Å². The van der Waals surface area contributed by atoms with Crippen molar-refractivity contribution in [2.24, 2.45) is 0 Å². The summed E-state index contributed by atoms with van der Waals surface area (Å²) in [5.74, 6) is 0. The van der Waals surface area contributed by atoms with Gasteiger partial charge >= 0.3 is 0 Å². The average molecular weight is 284 g/mol. The molecule has 0 aliphatic heterocycles. The van der Waals surface area contributed by atoms with E-state index in [1.807, 2.05) is 0 Å². The Morgan fingerprint density at radius 1 is 0.750 bits per heavy atom. The van der Waals surface area contributed by atoms with Crippen molar-refractivity contribution in [2.75, 3.05) is 0 Å². The second kappa shape index (κ2) is 16.6. The molecule has 0 bridgehead atoms. The summed E-state index contributed by atoms with van der Waals surface area (Å²) < 4.78 is 0. The first-order valence-corrected chi connectivity index (χ1v) is 8.78. The zero-order valence-corrected chi connectivity index (χ0v) is 13.5. The predicted octanol–water partition coefficient (Wildman–Crippen LogP) is 5.90. The maximum absolute atomic E-state index is 9.58. The van der Waals surface area contributed by atoms with Gasteiger partial charge in [0.05, 0.1) is 12.4 Å². The van der Waals surface area contributed by atoms with Crippen LogP contribution in [0.4, 0.5) is 0 Å². The summed E-state index contributed by atoms with van der Waals surface area (Å²) in [5.41, 5.74) is 0. The van der Waals surface area contributed by atoms with Crippen LogP contribution >= 0.6 is 0 Å². The van der Waals surface area contributed by atoms with Crippen LogP contribution in [0, 0.1) is 0 Å². The van der Waals surface area contributed by atoms with E-state index in [9.17, 15) is 5.11 Å². The minimum Gasteiger partial charge on any atom is -0.516 e. The lowest BCUT2D eigenvalue weighted by Gasteiger charge is -2.07. The number of hydrogen-bond donors (Lipinski definition) is 2. The van der Waals surface area contributed by atoms with Crippen LogP contribution in [0.1, 0.15) is 96.8 Å². The molecule has 1 atom stereocenters. The van der Waals surface area contributed by atoms with Gasteiger partial charge in [0.15, 0.2) is 0 Å².